The lowest BCUT2D eigenvalue weighted by atomic mass is 10.4. The van der Waals surface area contributed by atoms with Crippen LogP contribution in [-0.2, 0) is 23.7 Å². The van der Waals surface area contributed by atoms with Crippen molar-refractivity contribution in [2.45, 2.75) is 45.5 Å². The zero-order valence-corrected chi connectivity index (χ0v) is 12.5. The predicted octanol–water partition coefficient (Wildman–Crippen LogP) is 1.99. The van der Waals surface area contributed by atoms with Crippen molar-refractivity contribution in [3.63, 3.8) is 0 Å². The monoisotopic (exact) mass is 276 g/mol. The Hall–Kier alpha value is -0.200. The zero-order valence-electron chi connectivity index (χ0n) is 12.5. The van der Waals surface area contributed by atoms with Crippen LogP contribution in [0.5, 0.6) is 0 Å². The molecule has 1 unspecified atom stereocenters. The van der Waals surface area contributed by atoms with E-state index in [1.165, 1.54) is 6.42 Å². The molecule has 0 spiro atoms. The molecule has 5 nitrogen and oxygen atoms in total. The number of rotatable bonds is 11. The molecule has 0 aliphatic carbocycles. The molecular formula is C14H28O5. The highest BCUT2D eigenvalue weighted by molar-refractivity contribution is 4.70. The average molecular weight is 276 g/mol. The minimum atomic E-state index is -0.472. The highest BCUT2D eigenvalue weighted by atomic mass is 16.7. The molecule has 1 aliphatic rings. The maximum absolute atomic E-state index is 5.62. The van der Waals surface area contributed by atoms with Crippen LogP contribution in [0.4, 0.5) is 0 Å². The Morgan fingerprint density at radius 3 is 2.21 bits per heavy atom. The first-order valence-corrected chi connectivity index (χ1v) is 7.19. The van der Waals surface area contributed by atoms with Gasteiger partial charge in [-0.2, -0.15) is 0 Å². The van der Waals surface area contributed by atoms with E-state index in [0.717, 1.165) is 13.0 Å². The van der Waals surface area contributed by atoms with E-state index in [0.29, 0.717) is 39.6 Å². The van der Waals surface area contributed by atoms with Crippen LogP contribution in [0.3, 0.4) is 0 Å². The number of hydrogen-bond acceptors (Lipinski definition) is 5. The molecule has 0 N–H and O–H groups in total. The van der Waals surface area contributed by atoms with E-state index < -0.39 is 5.79 Å². The second-order valence-electron chi connectivity index (χ2n) is 5.10. The maximum Gasteiger partial charge on any atom is 0.163 e. The van der Waals surface area contributed by atoms with E-state index >= 15 is 0 Å². The molecule has 114 valence electrons. The summed E-state index contributed by atoms with van der Waals surface area (Å²) in [5.41, 5.74) is 0. The molecule has 1 fully saturated rings. The third kappa shape index (κ3) is 8.55. The molecule has 1 heterocycles. The lowest BCUT2D eigenvalue weighted by Gasteiger charge is -2.17. The summed E-state index contributed by atoms with van der Waals surface area (Å²) in [5.74, 6) is -0.472. The van der Waals surface area contributed by atoms with E-state index in [9.17, 15) is 0 Å². The Morgan fingerprint density at radius 2 is 1.63 bits per heavy atom. The van der Waals surface area contributed by atoms with Gasteiger partial charge in [0, 0.05) is 6.61 Å². The summed E-state index contributed by atoms with van der Waals surface area (Å²) in [4.78, 5) is 0. The third-order valence-corrected chi connectivity index (χ3v) is 2.76. The predicted molar refractivity (Wildman–Crippen MR) is 72.3 cm³/mol. The Morgan fingerprint density at radius 1 is 1.00 bits per heavy atom. The molecule has 0 radical (unpaired) electrons. The SMILES string of the molecule is CCCCOCCOCCOCC1COC(C)(C)O1. The molecule has 5 heteroatoms. The Labute approximate surface area is 116 Å². The molecular weight excluding hydrogens is 248 g/mol. The zero-order chi connectivity index (χ0) is 14.0. The van der Waals surface area contributed by atoms with Crippen LogP contribution in [0.2, 0.25) is 0 Å². The van der Waals surface area contributed by atoms with Crippen LogP contribution < -0.4 is 0 Å². The summed E-state index contributed by atoms with van der Waals surface area (Å²) >= 11 is 0. The van der Waals surface area contributed by atoms with Crippen LogP contribution >= 0.6 is 0 Å². The summed E-state index contributed by atoms with van der Waals surface area (Å²) in [6.45, 7) is 10.4. The van der Waals surface area contributed by atoms with Gasteiger partial charge in [0.05, 0.1) is 39.6 Å². The van der Waals surface area contributed by atoms with Crippen LogP contribution in [0.25, 0.3) is 0 Å². The van der Waals surface area contributed by atoms with E-state index in [2.05, 4.69) is 6.92 Å². The van der Waals surface area contributed by atoms with Gasteiger partial charge in [-0.05, 0) is 20.3 Å². The van der Waals surface area contributed by atoms with Gasteiger partial charge in [0.1, 0.15) is 6.10 Å². The Bertz CT molecular complexity index is 220. The van der Waals surface area contributed by atoms with Crippen molar-refractivity contribution in [2.75, 3.05) is 46.2 Å². The highest BCUT2D eigenvalue weighted by Gasteiger charge is 2.32. The van der Waals surface area contributed by atoms with Crippen molar-refractivity contribution in [2.24, 2.45) is 0 Å². The average Bonchev–Trinajstić information content (AvgIpc) is 2.71. The van der Waals surface area contributed by atoms with Gasteiger partial charge in [-0.3, -0.25) is 0 Å². The van der Waals surface area contributed by atoms with Gasteiger partial charge in [-0.25, -0.2) is 0 Å². The minimum Gasteiger partial charge on any atom is -0.379 e. The summed E-state index contributed by atoms with van der Waals surface area (Å²) in [5, 5.41) is 0. The first-order valence-electron chi connectivity index (χ1n) is 7.19. The normalized spacial score (nSPS) is 21.9. The number of ether oxygens (including phenoxy) is 5. The maximum atomic E-state index is 5.62. The third-order valence-electron chi connectivity index (χ3n) is 2.76. The van der Waals surface area contributed by atoms with E-state index in [1.807, 2.05) is 13.8 Å². The Balaban J connectivity index is 1.79. The van der Waals surface area contributed by atoms with Crippen LogP contribution in [0, 0.1) is 0 Å². The summed E-state index contributed by atoms with van der Waals surface area (Å²) in [6.07, 6.45) is 2.31. The van der Waals surface area contributed by atoms with Gasteiger partial charge in [0.25, 0.3) is 0 Å². The van der Waals surface area contributed by atoms with Crippen LogP contribution in [0.1, 0.15) is 33.6 Å². The van der Waals surface area contributed by atoms with Crippen molar-refractivity contribution in [1.82, 2.24) is 0 Å². The fourth-order valence-electron chi connectivity index (χ4n) is 1.75. The van der Waals surface area contributed by atoms with Gasteiger partial charge in [-0.15, -0.1) is 0 Å². The smallest absolute Gasteiger partial charge is 0.163 e. The molecule has 0 bridgehead atoms. The van der Waals surface area contributed by atoms with Gasteiger partial charge in [0.15, 0.2) is 5.79 Å². The van der Waals surface area contributed by atoms with Crippen LogP contribution in [-0.4, -0.2) is 58.1 Å². The molecule has 0 aromatic carbocycles. The first-order chi connectivity index (χ1) is 9.14. The Kier molecular flexibility index (Phi) is 8.57. The standard InChI is InChI=1S/C14H28O5/c1-4-5-6-15-7-8-16-9-10-17-11-13-12-18-14(2,3)19-13/h13H,4-12H2,1-3H3. The molecule has 0 aromatic heterocycles. The largest absolute Gasteiger partial charge is 0.379 e. The topological polar surface area (TPSA) is 46.2 Å². The molecule has 1 atom stereocenters. The van der Waals surface area contributed by atoms with Crippen molar-refractivity contribution >= 4 is 0 Å². The second-order valence-corrected chi connectivity index (χ2v) is 5.10. The number of hydrogen-bond donors (Lipinski definition) is 0. The van der Waals surface area contributed by atoms with Gasteiger partial charge in [-0.1, -0.05) is 13.3 Å². The van der Waals surface area contributed by atoms with Gasteiger partial charge < -0.3 is 23.7 Å². The van der Waals surface area contributed by atoms with E-state index in [1.54, 1.807) is 0 Å². The summed E-state index contributed by atoms with van der Waals surface area (Å²) in [7, 11) is 0. The van der Waals surface area contributed by atoms with Gasteiger partial charge >= 0.3 is 0 Å². The second kappa shape index (κ2) is 9.66. The van der Waals surface area contributed by atoms with E-state index in [-0.39, 0.29) is 6.10 Å². The lowest BCUT2D eigenvalue weighted by Crippen LogP contribution is -2.24. The van der Waals surface area contributed by atoms with Crippen molar-refractivity contribution in [3.05, 3.63) is 0 Å². The van der Waals surface area contributed by atoms with Crippen LogP contribution in [0.15, 0.2) is 0 Å². The minimum absolute atomic E-state index is 0.0346. The fraction of sp³-hybridized carbons (Fsp3) is 1.00. The summed E-state index contributed by atoms with van der Waals surface area (Å²) < 4.78 is 27.3. The molecule has 1 saturated heterocycles. The van der Waals surface area contributed by atoms with Crippen molar-refractivity contribution in [3.8, 4) is 0 Å². The summed E-state index contributed by atoms with van der Waals surface area (Å²) in [6, 6.07) is 0. The molecule has 0 amide bonds. The molecule has 0 saturated carbocycles. The highest BCUT2D eigenvalue weighted by Crippen LogP contribution is 2.22. The lowest BCUT2D eigenvalue weighted by molar-refractivity contribution is -0.145. The molecule has 1 aliphatic heterocycles. The first kappa shape index (κ1) is 16.9. The fourth-order valence-corrected chi connectivity index (χ4v) is 1.75. The van der Waals surface area contributed by atoms with Crippen molar-refractivity contribution in [1.29, 1.82) is 0 Å². The molecule has 19 heavy (non-hydrogen) atoms. The quantitative estimate of drug-likeness (QED) is 0.540. The number of unbranched alkanes of at least 4 members (excludes halogenated alkanes) is 1. The van der Waals surface area contributed by atoms with Gasteiger partial charge in [0.2, 0.25) is 0 Å². The van der Waals surface area contributed by atoms with E-state index in [4.69, 9.17) is 23.7 Å². The molecule has 1 rings (SSSR count). The van der Waals surface area contributed by atoms with Crippen molar-refractivity contribution < 1.29 is 23.7 Å². The molecule has 0 aromatic rings.